The number of ether oxygens (including phenoxy) is 2. The van der Waals surface area contributed by atoms with E-state index in [4.69, 9.17) is 26.9 Å². The second kappa shape index (κ2) is 9.19. The van der Waals surface area contributed by atoms with Crippen LogP contribution >= 0.6 is 11.6 Å². The molecule has 2 unspecified atom stereocenters. The molecule has 0 aliphatic carbocycles. The van der Waals surface area contributed by atoms with Crippen LogP contribution in [0.2, 0.25) is 5.02 Å². The van der Waals surface area contributed by atoms with Crippen molar-refractivity contribution in [3.05, 3.63) is 28.8 Å². The first-order chi connectivity index (χ1) is 9.65. The molecule has 0 saturated heterocycles. The molecule has 5 heteroatoms. The van der Waals surface area contributed by atoms with Gasteiger partial charge in [0.05, 0.1) is 19.3 Å². The molecule has 0 heterocycles. The van der Waals surface area contributed by atoms with Crippen molar-refractivity contribution in [3.63, 3.8) is 0 Å². The van der Waals surface area contributed by atoms with E-state index >= 15 is 0 Å². The molecular formula is C15H25ClN2O2. The lowest BCUT2D eigenvalue weighted by atomic mass is 9.98. The summed E-state index contributed by atoms with van der Waals surface area (Å²) in [4.78, 5) is 0. The molecule has 0 bridgehead atoms. The molecule has 1 rings (SSSR count). The van der Waals surface area contributed by atoms with Crippen molar-refractivity contribution in [3.8, 4) is 5.75 Å². The highest BCUT2D eigenvalue weighted by Gasteiger charge is 2.22. The third-order valence-electron chi connectivity index (χ3n) is 3.30. The van der Waals surface area contributed by atoms with E-state index in [0.29, 0.717) is 18.1 Å². The maximum atomic E-state index is 6.06. The smallest absolute Gasteiger partial charge is 0.122 e. The zero-order chi connectivity index (χ0) is 15.0. The summed E-state index contributed by atoms with van der Waals surface area (Å²) in [7, 11) is 1.66. The van der Waals surface area contributed by atoms with Crippen molar-refractivity contribution < 1.29 is 9.47 Å². The minimum Gasteiger partial charge on any atom is -0.496 e. The van der Waals surface area contributed by atoms with Gasteiger partial charge in [-0.3, -0.25) is 11.3 Å². The summed E-state index contributed by atoms with van der Waals surface area (Å²) in [5.41, 5.74) is 3.90. The molecule has 0 saturated carbocycles. The van der Waals surface area contributed by atoms with E-state index in [2.05, 4.69) is 12.3 Å². The number of hydrogen-bond donors (Lipinski definition) is 2. The summed E-state index contributed by atoms with van der Waals surface area (Å²) in [6, 6.07) is 5.64. The molecule has 1 aromatic rings. The van der Waals surface area contributed by atoms with Gasteiger partial charge in [0.15, 0.2) is 0 Å². The van der Waals surface area contributed by atoms with Crippen molar-refractivity contribution in [2.75, 3.05) is 13.7 Å². The van der Waals surface area contributed by atoms with Gasteiger partial charge in [0, 0.05) is 11.6 Å². The summed E-state index contributed by atoms with van der Waals surface area (Å²) in [5, 5.41) is 0.694. The molecular weight excluding hydrogens is 276 g/mol. The van der Waals surface area contributed by atoms with Crippen LogP contribution in [0.1, 0.15) is 32.3 Å². The van der Waals surface area contributed by atoms with Crippen molar-refractivity contribution in [2.45, 2.75) is 45.3 Å². The van der Waals surface area contributed by atoms with Gasteiger partial charge in [-0.15, -0.1) is 0 Å². The van der Waals surface area contributed by atoms with E-state index in [0.717, 1.165) is 24.2 Å². The number of methoxy groups -OCH3 is 1. The van der Waals surface area contributed by atoms with Crippen molar-refractivity contribution in [1.82, 2.24) is 5.43 Å². The molecule has 20 heavy (non-hydrogen) atoms. The van der Waals surface area contributed by atoms with Gasteiger partial charge < -0.3 is 9.47 Å². The summed E-state index contributed by atoms with van der Waals surface area (Å²) >= 11 is 6.06. The minimum atomic E-state index is 0.0299. The monoisotopic (exact) mass is 300 g/mol. The van der Waals surface area contributed by atoms with Crippen LogP contribution < -0.4 is 16.0 Å². The number of nitrogens with one attached hydrogen (secondary N) is 1. The topological polar surface area (TPSA) is 56.5 Å². The summed E-state index contributed by atoms with van der Waals surface area (Å²) in [6.07, 6.45) is 2.81. The molecule has 0 radical (unpaired) electrons. The lowest BCUT2D eigenvalue weighted by Gasteiger charge is -2.27. The van der Waals surface area contributed by atoms with Crippen molar-refractivity contribution in [2.24, 2.45) is 5.84 Å². The van der Waals surface area contributed by atoms with Gasteiger partial charge in [-0.1, -0.05) is 24.9 Å². The molecule has 2 atom stereocenters. The molecule has 3 N–H and O–H groups in total. The Morgan fingerprint density at radius 2 is 2.10 bits per heavy atom. The summed E-state index contributed by atoms with van der Waals surface area (Å²) in [5.74, 6) is 6.53. The molecule has 0 fully saturated rings. The van der Waals surface area contributed by atoms with E-state index in [1.54, 1.807) is 7.11 Å². The first-order valence-corrected chi connectivity index (χ1v) is 7.44. The fraction of sp³-hybridized carbons (Fsp3) is 0.600. The fourth-order valence-electron chi connectivity index (χ4n) is 2.34. The van der Waals surface area contributed by atoms with Crippen LogP contribution in [0.25, 0.3) is 0 Å². The van der Waals surface area contributed by atoms with Crippen LogP contribution in [0.5, 0.6) is 5.75 Å². The number of hydrogen-bond acceptors (Lipinski definition) is 4. The van der Waals surface area contributed by atoms with E-state index in [1.807, 2.05) is 25.1 Å². The van der Waals surface area contributed by atoms with Gasteiger partial charge in [0.25, 0.3) is 0 Å². The number of rotatable bonds is 9. The lowest BCUT2D eigenvalue weighted by molar-refractivity contribution is 0.0280. The number of hydrazine groups is 1. The van der Waals surface area contributed by atoms with Crippen LogP contribution in [0.15, 0.2) is 18.2 Å². The predicted octanol–water partition coefficient (Wildman–Crippen LogP) is 2.93. The van der Waals surface area contributed by atoms with Gasteiger partial charge >= 0.3 is 0 Å². The number of benzene rings is 1. The highest BCUT2D eigenvalue weighted by molar-refractivity contribution is 6.30. The molecule has 4 nitrogen and oxygen atoms in total. The largest absolute Gasteiger partial charge is 0.496 e. The van der Waals surface area contributed by atoms with Crippen LogP contribution in [-0.4, -0.2) is 25.9 Å². The van der Waals surface area contributed by atoms with E-state index in [1.165, 1.54) is 0 Å². The van der Waals surface area contributed by atoms with Gasteiger partial charge in [0.1, 0.15) is 5.75 Å². The average Bonchev–Trinajstić information content (AvgIpc) is 2.45. The molecule has 114 valence electrons. The van der Waals surface area contributed by atoms with Crippen molar-refractivity contribution in [1.29, 1.82) is 0 Å². The molecule has 0 aromatic heterocycles. The van der Waals surface area contributed by atoms with E-state index in [-0.39, 0.29) is 12.1 Å². The molecule has 0 aliphatic heterocycles. The Kier molecular flexibility index (Phi) is 7.92. The van der Waals surface area contributed by atoms with Gasteiger partial charge in [-0.2, -0.15) is 0 Å². The van der Waals surface area contributed by atoms with Gasteiger partial charge in [-0.25, -0.2) is 0 Å². The Morgan fingerprint density at radius 3 is 2.65 bits per heavy atom. The van der Waals surface area contributed by atoms with Crippen LogP contribution in [0.3, 0.4) is 0 Å². The summed E-state index contributed by atoms with van der Waals surface area (Å²) < 4.78 is 11.2. The maximum Gasteiger partial charge on any atom is 0.122 e. The Hall–Kier alpha value is -0.810. The minimum absolute atomic E-state index is 0.0299. The van der Waals surface area contributed by atoms with Crippen molar-refractivity contribution >= 4 is 11.6 Å². The first-order valence-electron chi connectivity index (χ1n) is 7.06. The Labute approximate surface area is 126 Å². The summed E-state index contributed by atoms with van der Waals surface area (Å²) in [6.45, 7) is 4.81. The number of halogens is 1. The normalized spacial score (nSPS) is 14.1. The molecule has 0 amide bonds. The van der Waals surface area contributed by atoms with Gasteiger partial charge in [0.2, 0.25) is 0 Å². The van der Waals surface area contributed by atoms with E-state index < -0.39 is 0 Å². The Bertz CT molecular complexity index is 395. The Balaban J connectivity index is 2.88. The third-order valence-corrected chi connectivity index (χ3v) is 3.53. The second-order valence-corrected chi connectivity index (χ2v) is 5.15. The second-order valence-electron chi connectivity index (χ2n) is 4.72. The van der Waals surface area contributed by atoms with Gasteiger partial charge in [-0.05, 0) is 43.5 Å². The third kappa shape index (κ3) is 4.94. The lowest BCUT2D eigenvalue weighted by Crippen LogP contribution is -2.46. The van der Waals surface area contributed by atoms with Crippen LogP contribution in [-0.2, 0) is 11.2 Å². The van der Waals surface area contributed by atoms with E-state index in [9.17, 15) is 0 Å². The standard InChI is InChI=1S/C15H25ClN2O2/c1-4-6-15(20-5-2)13(18-17)10-11-9-12(16)7-8-14(11)19-3/h7-9,13,15,18H,4-6,10,17H2,1-3H3. The zero-order valence-corrected chi connectivity index (χ0v) is 13.2. The average molecular weight is 301 g/mol. The highest BCUT2D eigenvalue weighted by Crippen LogP contribution is 2.25. The highest BCUT2D eigenvalue weighted by atomic mass is 35.5. The quantitative estimate of drug-likeness (QED) is 0.544. The fourth-order valence-corrected chi connectivity index (χ4v) is 2.54. The first kappa shape index (κ1) is 17.2. The molecule has 0 aliphatic rings. The SMILES string of the molecule is CCCC(OCC)C(Cc1cc(Cl)ccc1OC)NN. The predicted molar refractivity (Wildman–Crippen MR) is 83.1 cm³/mol. The zero-order valence-electron chi connectivity index (χ0n) is 12.5. The van der Waals surface area contributed by atoms with Crippen LogP contribution in [0.4, 0.5) is 0 Å². The maximum absolute atomic E-state index is 6.06. The Morgan fingerprint density at radius 1 is 1.35 bits per heavy atom. The molecule has 1 aromatic carbocycles. The van der Waals surface area contributed by atoms with Crippen LogP contribution in [0, 0.1) is 0 Å². The number of nitrogens with two attached hydrogens (primary N) is 1. The molecule has 0 spiro atoms.